The second-order valence-corrected chi connectivity index (χ2v) is 6.74. The number of benzene rings is 1. The molecule has 120 valence electrons. The zero-order chi connectivity index (χ0) is 16.3. The second-order valence-electron chi connectivity index (χ2n) is 5.95. The lowest BCUT2D eigenvalue weighted by molar-refractivity contribution is 0.0686. The van der Waals surface area contributed by atoms with Crippen LogP contribution in [0.15, 0.2) is 15.1 Å². The molecule has 3 heterocycles. The lowest BCUT2D eigenvalue weighted by Crippen LogP contribution is -2.07. The Morgan fingerprint density at radius 3 is 2.52 bits per heavy atom. The molecular weight excluding hydrogens is 366 g/mol. The third-order valence-electron chi connectivity index (χ3n) is 4.14. The summed E-state index contributed by atoms with van der Waals surface area (Å²) >= 11 is 3.63. The first-order valence-corrected chi connectivity index (χ1v) is 8.16. The van der Waals surface area contributed by atoms with E-state index in [1.165, 1.54) is 6.07 Å². The van der Waals surface area contributed by atoms with E-state index in [1.807, 2.05) is 13.8 Å². The molecule has 0 saturated carbocycles. The molecule has 0 spiro atoms. The van der Waals surface area contributed by atoms with E-state index in [2.05, 4.69) is 21.1 Å². The Balaban J connectivity index is 1.97. The topological polar surface area (TPSA) is 81.8 Å². The molecule has 2 unspecified atom stereocenters. The molecule has 2 aliphatic heterocycles. The van der Waals surface area contributed by atoms with Crippen molar-refractivity contribution in [3.8, 4) is 22.8 Å². The van der Waals surface area contributed by atoms with Crippen LogP contribution in [0.3, 0.4) is 0 Å². The molecule has 2 aromatic rings. The molecule has 7 heteroatoms. The van der Waals surface area contributed by atoms with Crippen molar-refractivity contribution in [2.24, 2.45) is 0 Å². The van der Waals surface area contributed by atoms with Crippen LogP contribution in [0.25, 0.3) is 11.3 Å². The zero-order valence-corrected chi connectivity index (χ0v) is 14.1. The highest BCUT2D eigenvalue weighted by Crippen LogP contribution is 2.52. The van der Waals surface area contributed by atoms with Crippen molar-refractivity contribution in [1.29, 1.82) is 0 Å². The van der Waals surface area contributed by atoms with E-state index in [9.17, 15) is 4.79 Å². The molecule has 4 rings (SSSR count). The predicted octanol–water partition coefficient (Wildman–Crippen LogP) is 3.45. The minimum atomic E-state index is -1.12. The van der Waals surface area contributed by atoms with Gasteiger partial charge < -0.3 is 19.1 Å². The standard InChI is InChI=1S/C16H14BrNO5/c1-6-3-8-12(11-5-10(16(19)20)18-23-11)14-9(4-7(2)21-14)13(17)15(8)22-6/h5-7H,3-4H2,1-2H3,(H,19,20). The second kappa shape index (κ2) is 4.99. The minimum Gasteiger partial charge on any atom is -0.489 e. The molecule has 0 aliphatic carbocycles. The van der Waals surface area contributed by atoms with Gasteiger partial charge in [0.25, 0.3) is 0 Å². The van der Waals surface area contributed by atoms with Crippen molar-refractivity contribution in [2.45, 2.75) is 38.9 Å². The number of aromatic carboxylic acids is 1. The third kappa shape index (κ3) is 2.14. The fourth-order valence-corrected chi connectivity index (χ4v) is 3.89. The van der Waals surface area contributed by atoms with Crippen molar-refractivity contribution in [3.63, 3.8) is 0 Å². The molecule has 0 fully saturated rings. The number of rotatable bonds is 2. The van der Waals surface area contributed by atoms with Gasteiger partial charge in [-0.05, 0) is 29.8 Å². The Bertz CT molecular complexity index is 789. The normalized spacial score (nSPS) is 21.5. The van der Waals surface area contributed by atoms with E-state index in [0.29, 0.717) is 12.2 Å². The number of carboxylic acids is 1. The average Bonchev–Trinajstić information content (AvgIpc) is 3.17. The zero-order valence-electron chi connectivity index (χ0n) is 12.6. The number of carbonyl (C=O) groups is 1. The molecule has 2 atom stereocenters. The molecule has 2 aliphatic rings. The first-order valence-electron chi connectivity index (χ1n) is 7.36. The molecule has 0 saturated heterocycles. The molecular formula is C16H14BrNO5. The highest BCUT2D eigenvalue weighted by Gasteiger charge is 2.36. The SMILES string of the molecule is CC1Cc2c(c(Br)c3c(c2-c2cc(C(=O)O)no2)OC(C)C3)O1. The summed E-state index contributed by atoms with van der Waals surface area (Å²) < 4.78 is 18.1. The molecule has 0 bridgehead atoms. The summed E-state index contributed by atoms with van der Waals surface area (Å²) in [4.78, 5) is 11.1. The number of ether oxygens (including phenoxy) is 2. The van der Waals surface area contributed by atoms with Gasteiger partial charge in [0.2, 0.25) is 0 Å². The summed E-state index contributed by atoms with van der Waals surface area (Å²) in [6, 6.07) is 1.43. The molecule has 23 heavy (non-hydrogen) atoms. The number of halogens is 1. The van der Waals surface area contributed by atoms with E-state index < -0.39 is 5.97 Å². The van der Waals surface area contributed by atoms with Crippen molar-refractivity contribution >= 4 is 21.9 Å². The van der Waals surface area contributed by atoms with E-state index >= 15 is 0 Å². The van der Waals surface area contributed by atoms with Crippen LogP contribution in [-0.2, 0) is 12.8 Å². The van der Waals surface area contributed by atoms with Crippen LogP contribution in [0.5, 0.6) is 11.5 Å². The quantitative estimate of drug-likeness (QED) is 0.860. The highest BCUT2D eigenvalue weighted by atomic mass is 79.9. The highest BCUT2D eigenvalue weighted by molar-refractivity contribution is 9.10. The molecule has 0 amide bonds. The molecule has 1 aromatic carbocycles. The fourth-order valence-electron chi connectivity index (χ4n) is 3.22. The van der Waals surface area contributed by atoms with Gasteiger partial charge in [-0.1, -0.05) is 5.16 Å². The van der Waals surface area contributed by atoms with Crippen LogP contribution < -0.4 is 9.47 Å². The van der Waals surface area contributed by atoms with Gasteiger partial charge >= 0.3 is 5.97 Å². The number of fused-ring (bicyclic) bond motifs is 2. The Kier molecular flexibility index (Phi) is 3.16. The van der Waals surface area contributed by atoms with Crippen LogP contribution in [0, 0.1) is 0 Å². The Morgan fingerprint density at radius 2 is 1.87 bits per heavy atom. The first kappa shape index (κ1) is 14.6. The Morgan fingerprint density at radius 1 is 1.22 bits per heavy atom. The van der Waals surface area contributed by atoms with Crippen LogP contribution in [-0.4, -0.2) is 28.4 Å². The number of carboxylic acid groups (broad SMARTS) is 1. The van der Waals surface area contributed by atoms with Crippen LogP contribution in [0.1, 0.15) is 35.5 Å². The maximum atomic E-state index is 11.1. The number of hydrogen-bond donors (Lipinski definition) is 1. The van der Waals surface area contributed by atoms with E-state index in [4.69, 9.17) is 19.1 Å². The van der Waals surface area contributed by atoms with Gasteiger partial charge in [-0.2, -0.15) is 0 Å². The van der Waals surface area contributed by atoms with Gasteiger partial charge in [0.1, 0.15) is 23.7 Å². The summed E-state index contributed by atoms with van der Waals surface area (Å²) in [5.41, 5.74) is 2.62. The van der Waals surface area contributed by atoms with Crippen LogP contribution >= 0.6 is 15.9 Å². The van der Waals surface area contributed by atoms with Crippen LogP contribution in [0.2, 0.25) is 0 Å². The van der Waals surface area contributed by atoms with Gasteiger partial charge in [-0.15, -0.1) is 0 Å². The van der Waals surface area contributed by atoms with Crippen molar-refractivity contribution in [2.75, 3.05) is 0 Å². The van der Waals surface area contributed by atoms with Gasteiger partial charge in [0.15, 0.2) is 11.5 Å². The minimum absolute atomic E-state index is 0.0434. The largest absolute Gasteiger partial charge is 0.489 e. The van der Waals surface area contributed by atoms with Gasteiger partial charge in [0, 0.05) is 30.0 Å². The predicted molar refractivity (Wildman–Crippen MR) is 84.2 cm³/mol. The van der Waals surface area contributed by atoms with Gasteiger partial charge in [-0.3, -0.25) is 0 Å². The lowest BCUT2D eigenvalue weighted by atomic mass is 9.96. The average molecular weight is 380 g/mol. The van der Waals surface area contributed by atoms with Crippen molar-refractivity contribution in [1.82, 2.24) is 5.16 Å². The summed E-state index contributed by atoms with van der Waals surface area (Å²) in [6.07, 6.45) is 1.55. The summed E-state index contributed by atoms with van der Waals surface area (Å²) in [6.45, 7) is 3.99. The lowest BCUT2D eigenvalue weighted by Gasteiger charge is -2.13. The number of nitrogens with zero attached hydrogens (tertiary/aromatic N) is 1. The third-order valence-corrected chi connectivity index (χ3v) is 4.98. The summed E-state index contributed by atoms with van der Waals surface area (Å²) in [5.74, 6) is 0.796. The number of aromatic nitrogens is 1. The fraction of sp³-hybridized carbons (Fsp3) is 0.375. The van der Waals surface area contributed by atoms with E-state index in [0.717, 1.165) is 39.1 Å². The maximum Gasteiger partial charge on any atom is 0.358 e. The van der Waals surface area contributed by atoms with Crippen molar-refractivity contribution < 1.29 is 23.9 Å². The first-order chi connectivity index (χ1) is 11.0. The van der Waals surface area contributed by atoms with Crippen molar-refractivity contribution in [3.05, 3.63) is 27.4 Å². The molecule has 0 radical (unpaired) electrons. The van der Waals surface area contributed by atoms with Crippen LogP contribution in [0.4, 0.5) is 0 Å². The summed E-state index contributed by atoms with van der Waals surface area (Å²) in [7, 11) is 0. The Hall–Kier alpha value is -2.02. The number of hydrogen-bond acceptors (Lipinski definition) is 5. The Labute approximate surface area is 140 Å². The molecule has 1 aromatic heterocycles. The molecule has 6 nitrogen and oxygen atoms in total. The van der Waals surface area contributed by atoms with E-state index in [1.54, 1.807) is 0 Å². The monoisotopic (exact) mass is 379 g/mol. The molecule has 1 N–H and O–H groups in total. The van der Waals surface area contributed by atoms with Gasteiger partial charge in [0.05, 0.1) is 10.0 Å². The van der Waals surface area contributed by atoms with E-state index in [-0.39, 0.29) is 17.9 Å². The van der Waals surface area contributed by atoms with Gasteiger partial charge in [-0.25, -0.2) is 4.79 Å². The smallest absolute Gasteiger partial charge is 0.358 e. The maximum absolute atomic E-state index is 11.1. The summed E-state index contributed by atoms with van der Waals surface area (Å²) in [5, 5.41) is 12.7.